The van der Waals surface area contributed by atoms with Crippen molar-refractivity contribution in [1.82, 2.24) is 4.67 Å². The molecule has 0 aromatic carbocycles. The zero-order valence-electron chi connectivity index (χ0n) is 5.84. The molecule has 0 radical (unpaired) electrons. The molecule has 4 N–H and O–H groups in total. The molecule has 64 valence electrons. The van der Waals surface area contributed by atoms with Gasteiger partial charge in [-0.1, -0.05) is 0 Å². The highest BCUT2D eigenvalue weighted by atomic mass is 31.2. The van der Waals surface area contributed by atoms with Crippen LogP contribution in [0.5, 0.6) is 0 Å². The van der Waals surface area contributed by atoms with E-state index in [9.17, 15) is 9.36 Å². The third-order valence-corrected chi connectivity index (χ3v) is 2.82. The molecule has 7 heteroatoms. The first-order chi connectivity index (χ1) is 4.85. The molecule has 0 aliphatic carbocycles. The van der Waals surface area contributed by atoms with Crippen LogP contribution in [0.1, 0.15) is 6.92 Å². The normalized spacial score (nSPS) is 32.0. The Labute approximate surface area is 63.2 Å². The highest BCUT2D eigenvalue weighted by Gasteiger charge is 2.50. The summed E-state index contributed by atoms with van der Waals surface area (Å²) in [6, 6.07) is -1.33. The maximum atomic E-state index is 10.7. The minimum Gasteiger partial charge on any atom is -0.318 e. The molecule has 11 heavy (non-hydrogen) atoms. The second kappa shape index (κ2) is 2.28. The van der Waals surface area contributed by atoms with Crippen LogP contribution in [-0.2, 0) is 9.36 Å². The highest BCUT2D eigenvalue weighted by Crippen LogP contribution is 2.46. The molecule has 0 bridgehead atoms. The fourth-order valence-electron chi connectivity index (χ4n) is 0.995. The van der Waals surface area contributed by atoms with Gasteiger partial charge in [0.05, 0.1) is 6.04 Å². The lowest BCUT2D eigenvalue weighted by Crippen LogP contribution is -2.65. The number of nitrogens with zero attached hydrogens (tertiary/aromatic N) is 1. The predicted octanol–water partition coefficient (Wildman–Crippen LogP) is -1.36. The van der Waals surface area contributed by atoms with Crippen LogP contribution in [0, 0.1) is 0 Å². The van der Waals surface area contributed by atoms with Crippen LogP contribution in [-0.4, -0.2) is 32.4 Å². The van der Waals surface area contributed by atoms with Gasteiger partial charge in [-0.2, -0.15) is 0 Å². The van der Waals surface area contributed by atoms with Crippen molar-refractivity contribution in [3.8, 4) is 0 Å². The van der Waals surface area contributed by atoms with E-state index >= 15 is 0 Å². The summed E-state index contributed by atoms with van der Waals surface area (Å²) in [5.74, 6) is -0.689. The molecule has 1 heterocycles. The number of β-lactam (4-membered cyclic amide) rings is 1. The van der Waals surface area contributed by atoms with Gasteiger partial charge in [-0.15, -0.1) is 0 Å². The SMILES string of the molecule is C[C@@H]1[C@H](N)C(=O)N1P(=O)(O)O. The van der Waals surface area contributed by atoms with Crippen LogP contribution in [0.4, 0.5) is 0 Å². The minimum atomic E-state index is -4.42. The molecule has 6 nitrogen and oxygen atoms in total. The maximum absolute atomic E-state index is 10.7. The molecule has 1 fully saturated rings. The summed E-state index contributed by atoms with van der Waals surface area (Å²) >= 11 is 0. The van der Waals surface area contributed by atoms with E-state index in [2.05, 4.69) is 0 Å². The molecule has 2 atom stereocenters. The Hall–Kier alpha value is -0.420. The topological polar surface area (TPSA) is 104 Å². The van der Waals surface area contributed by atoms with E-state index in [4.69, 9.17) is 15.5 Å². The fourth-order valence-corrected chi connectivity index (χ4v) is 2.00. The third-order valence-electron chi connectivity index (χ3n) is 1.70. The summed E-state index contributed by atoms with van der Waals surface area (Å²) in [5, 5.41) is 0. The summed E-state index contributed by atoms with van der Waals surface area (Å²) in [6.45, 7) is 1.49. The third kappa shape index (κ3) is 1.18. The van der Waals surface area contributed by atoms with Gasteiger partial charge in [0.15, 0.2) is 0 Å². The van der Waals surface area contributed by atoms with Crippen molar-refractivity contribution in [2.45, 2.75) is 19.0 Å². The first-order valence-electron chi connectivity index (χ1n) is 3.00. The zero-order valence-corrected chi connectivity index (χ0v) is 6.73. The van der Waals surface area contributed by atoms with Crippen LogP contribution in [0.25, 0.3) is 0 Å². The van der Waals surface area contributed by atoms with Gasteiger partial charge in [-0.25, -0.2) is 9.24 Å². The Morgan fingerprint density at radius 1 is 1.64 bits per heavy atom. The van der Waals surface area contributed by atoms with Gasteiger partial charge in [-0.3, -0.25) is 4.79 Å². The molecule has 1 amide bonds. The number of amides is 1. The van der Waals surface area contributed by atoms with Crippen molar-refractivity contribution in [3.05, 3.63) is 0 Å². The first kappa shape index (κ1) is 8.67. The highest BCUT2D eigenvalue weighted by molar-refractivity contribution is 7.50. The van der Waals surface area contributed by atoms with Crippen molar-refractivity contribution >= 4 is 13.7 Å². The Balaban J connectivity index is 2.79. The molecule has 0 aromatic rings. The van der Waals surface area contributed by atoms with Crippen LogP contribution in [0.2, 0.25) is 0 Å². The number of rotatable bonds is 1. The number of carbonyl (C=O) groups is 1. The Morgan fingerprint density at radius 2 is 2.09 bits per heavy atom. The van der Waals surface area contributed by atoms with E-state index < -0.39 is 25.7 Å². The lowest BCUT2D eigenvalue weighted by atomic mass is 10.0. The average molecular weight is 180 g/mol. The van der Waals surface area contributed by atoms with Crippen molar-refractivity contribution < 1.29 is 19.1 Å². The van der Waals surface area contributed by atoms with E-state index in [-0.39, 0.29) is 0 Å². The molecule has 1 rings (SSSR count). The van der Waals surface area contributed by atoms with Gasteiger partial charge in [0.1, 0.15) is 6.04 Å². The predicted molar refractivity (Wildman–Crippen MR) is 36.3 cm³/mol. The van der Waals surface area contributed by atoms with Gasteiger partial charge in [0.25, 0.3) is 5.91 Å². The summed E-state index contributed by atoms with van der Waals surface area (Å²) < 4.78 is 11.0. The quantitative estimate of drug-likeness (QED) is 0.341. The fraction of sp³-hybridized carbons (Fsp3) is 0.750. The van der Waals surface area contributed by atoms with Gasteiger partial charge >= 0.3 is 7.75 Å². The molecular formula is C4H9N2O4P. The van der Waals surface area contributed by atoms with Gasteiger partial charge < -0.3 is 15.5 Å². The Bertz CT molecular complexity index is 236. The molecule has 1 aliphatic rings. The standard InChI is InChI=1S/C4H9N2O4P/c1-2-3(5)4(7)6(2)11(8,9)10/h2-3H,5H2,1H3,(H2,8,9,10)/t2-,3+/m1/s1. The average Bonchev–Trinajstić information content (AvgIpc) is 1.85. The zero-order chi connectivity index (χ0) is 8.81. The van der Waals surface area contributed by atoms with Crippen molar-refractivity contribution in [2.75, 3.05) is 0 Å². The van der Waals surface area contributed by atoms with Crippen molar-refractivity contribution in [3.63, 3.8) is 0 Å². The first-order valence-corrected chi connectivity index (χ1v) is 4.57. The maximum Gasteiger partial charge on any atom is 0.432 e. The summed E-state index contributed by atoms with van der Waals surface area (Å²) in [4.78, 5) is 27.8. The van der Waals surface area contributed by atoms with Crippen LogP contribution in [0.15, 0.2) is 0 Å². The lowest BCUT2D eigenvalue weighted by molar-refractivity contribution is -0.141. The molecule has 1 saturated heterocycles. The number of hydrogen-bond donors (Lipinski definition) is 3. The summed E-state index contributed by atoms with van der Waals surface area (Å²) in [6.07, 6.45) is 0. The number of carbonyl (C=O) groups excluding carboxylic acids is 1. The largest absolute Gasteiger partial charge is 0.432 e. The van der Waals surface area contributed by atoms with E-state index in [1.807, 2.05) is 0 Å². The summed E-state index contributed by atoms with van der Waals surface area (Å²) in [5.41, 5.74) is 5.22. The van der Waals surface area contributed by atoms with Crippen molar-refractivity contribution in [2.24, 2.45) is 5.73 Å². The van der Waals surface area contributed by atoms with E-state index in [0.29, 0.717) is 4.67 Å². The van der Waals surface area contributed by atoms with Gasteiger partial charge in [0.2, 0.25) is 0 Å². The molecular weight excluding hydrogens is 171 g/mol. The second-order valence-corrected chi connectivity index (χ2v) is 3.92. The van der Waals surface area contributed by atoms with Crippen LogP contribution >= 0.6 is 7.75 Å². The Morgan fingerprint density at radius 3 is 2.27 bits per heavy atom. The molecule has 0 aromatic heterocycles. The van der Waals surface area contributed by atoms with Crippen LogP contribution in [0.3, 0.4) is 0 Å². The molecule has 0 saturated carbocycles. The minimum absolute atomic E-state index is 0.498. The number of nitrogens with two attached hydrogens (primary N) is 1. The van der Waals surface area contributed by atoms with Gasteiger partial charge in [0, 0.05) is 0 Å². The van der Waals surface area contributed by atoms with E-state index in [0.717, 1.165) is 0 Å². The second-order valence-electron chi connectivity index (χ2n) is 2.46. The smallest absolute Gasteiger partial charge is 0.318 e. The van der Waals surface area contributed by atoms with Crippen molar-refractivity contribution in [1.29, 1.82) is 0 Å². The molecule has 1 aliphatic heterocycles. The van der Waals surface area contributed by atoms with Crippen LogP contribution < -0.4 is 5.73 Å². The summed E-state index contributed by atoms with van der Waals surface area (Å²) in [7, 11) is -4.42. The monoisotopic (exact) mass is 180 g/mol. The Kier molecular flexibility index (Phi) is 1.80. The van der Waals surface area contributed by atoms with E-state index in [1.165, 1.54) is 6.92 Å². The van der Waals surface area contributed by atoms with Gasteiger partial charge in [-0.05, 0) is 6.92 Å². The molecule has 0 spiro atoms. The van der Waals surface area contributed by atoms with E-state index in [1.54, 1.807) is 0 Å². The lowest BCUT2D eigenvalue weighted by Gasteiger charge is -2.42. The number of hydrogen-bond acceptors (Lipinski definition) is 3. The molecule has 0 unspecified atom stereocenters.